The zero-order chi connectivity index (χ0) is 21.9. The molecule has 1 heterocycles. The van der Waals surface area contributed by atoms with Crippen molar-refractivity contribution in [2.75, 3.05) is 6.61 Å². The molecule has 0 aromatic heterocycles. The van der Waals surface area contributed by atoms with Gasteiger partial charge in [0.1, 0.15) is 0 Å². The Morgan fingerprint density at radius 1 is 1.17 bits per heavy atom. The Morgan fingerprint density at radius 3 is 2.55 bits per heavy atom. The lowest BCUT2D eigenvalue weighted by Gasteiger charge is -2.42. The second kappa shape index (κ2) is 12.9. The molecule has 3 nitrogen and oxygen atoms in total. The summed E-state index contributed by atoms with van der Waals surface area (Å²) in [5.74, 6) is 1.46. The van der Waals surface area contributed by atoms with Gasteiger partial charge in [-0.1, -0.05) is 53.9 Å². The summed E-state index contributed by atoms with van der Waals surface area (Å²) in [4.78, 5) is 12.3. The lowest BCUT2D eigenvalue weighted by molar-refractivity contribution is -0.118. The molecular weight excluding hydrogens is 376 g/mol. The molecule has 1 fully saturated rings. The topological polar surface area (TPSA) is 35.5 Å². The molecule has 4 heteroatoms. The van der Waals surface area contributed by atoms with Crippen LogP contribution in [0.3, 0.4) is 0 Å². The van der Waals surface area contributed by atoms with E-state index in [1.54, 1.807) is 0 Å². The van der Waals surface area contributed by atoms with Crippen molar-refractivity contribution in [1.29, 1.82) is 0 Å². The zero-order valence-corrected chi connectivity index (χ0v) is 21.4. The second-order valence-electron chi connectivity index (χ2n) is 10.2. The van der Waals surface area contributed by atoms with Crippen LogP contribution >= 0.6 is 0 Å². The number of rotatable bonds is 13. The fraction of sp³-hybridized carbons (Fsp3) is 0.880. The van der Waals surface area contributed by atoms with Gasteiger partial charge in [-0.2, -0.15) is 0 Å². The maximum atomic E-state index is 12.3. The lowest BCUT2D eigenvalue weighted by Crippen LogP contribution is -2.45. The van der Waals surface area contributed by atoms with E-state index in [4.69, 9.17) is 9.16 Å². The number of Topliss-reactive ketones (excluding diaryl/α,β-unsaturated/α-hetero) is 1. The molecule has 0 bridgehead atoms. The van der Waals surface area contributed by atoms with Gasteiger partial charge in [0, 0.05) is 13.0 Å². The van der Waals surface area contributed by atoms with E-state index >= 15 is 0 Å². The predicted molar refractivity (Wildman–Crippen MR) is 127 cm³/mol. The number of hydrogen-bond acceptors (Lipinski definition) is 3. The van der Waals surface area contributed by atoms with Crippen LogP contribution < -0.4 is 0 Å². The minimum Gasteiger partial charge on any atom is -0.487 e. The average molecular weight is 425 g/mol. The number of ketones is 1. The van der Waals surface area contributed by atoms with Crippen molar-refractivity contribution in [3.63, 3.8) is 0 Å². The molecule has 0 aromatic carbocycles. The molecule has 1 unspecified atom stereocenters. The third-order valence-corrected chi connectivity index (χ3v) is 11.9. The van der Waals surface area contributed by atoms with Crippen molar-refractivity contribution in [1.82, 2.24) is 0 Å². The summed E-state index contributed by atoms with van der Waals surface area (Å²) in [5, 5.41) is 0.266. The van der Waals surface area contributed by atoms with Crippen LogP contribution in [-0.2, 0) is 14.0 Å². The minimum absolute atomic E-state index is 0.199. The Morgan fingerprint density at radius 2 is 1.90 bits per heavy atom. The van der Waals surface area contributed by atoms with Crippen molar-refractivity contribution in [2.45, 2.75) is 129 Å². The quantitative estimate of drug-likeness (QED) is 0.172. The molecule has 29 heavy (non-hydrogen) atoms. The van der Waals surface area contributed by atoms with E-state index in [2.05, 4.69) is 47.7 Å². The first-order valence-electron chi connectivity index (χ1n) is 12.2. The van der Waals surface area contributed by atoms with Gasteiger partial charge in [0.2, 0.25) is 0 Å². The van der Waals surface area contributed by atoms with E-state index in [1.807, 2.05) is 6.08 Å². The fourth-order valence-corrected chi connectivity index (χ4v) is 6.19. The van der Waals surface area contributed by atoms with Gasteiger partial charge >= 0.3 is 0 Å². The van der Waals surface area contributed by atoms with Gasteiger partial charge in [0.25, 0.3) is 0 Å². The first-order valence-corrected chi connectivity index (χ1v) is 15.1. The molecule has 0 aliphatic carbocycles. The molecule has 0 saturated carbocycles. The molecule has 1 aliphatic rings. The second-order valence-corrected chi connectivity index (χ2v) is 14.8. The monoisotopic (exact) mass is 424 g/mol. The summed E-state index contributed by atoms with van der Waals surface area (Å²) in [6, 6.07) is 0. The summed E-state index contributed by atoms with van der Waals surface area (Å²) in [5.41, 5.74) is 0. The summed E-state index contributed by atoms with van der Waals surface area (Å²) in [7, 11) is -1.73. The normalized spacial score (nSPS) is 20.2. The van der Waals surface area contributed by atoms with Crippen LogP contribution in [0.2, 0.25) is 18.1 Å². The van der Waals surface area contributed by atoms with Crippen molar-refractivity contribution < 1.29 is 14.0 Å². The van der Waals surface area contributed by atoms with Gasteiger partial charge in [-0.25, -0.2) is 0 Å². The first kappa shape index (κ1) is 26.4. The van der Waals surface area contributed by atoms with Gasteiger partial charge < -0.3 is 9.16 Å². The third kappa shape index (κ3) is 8.96. The molecule has 1 aliphatic heterocycles. The number of ether oxygens (including phenoxy) is 1. The van der Waals surface area contributed by atoms with E-state index in [0.29, 0.717) is 18.1 Å². The largest absolute Gasteiger partial charge is 0.487 e. The van der Waals surface area contributed by atoms with Gasteiger partial charge in [0.05, 0.1) is 6.10 Å². The number of unbranched alkanes of at least 4 members (excludes halogenated alkanes) is 5. The number of allylic oxidation sites excluding steroid dienone is 2. The van der Waals surface area contributed by atoms with Crippen molar-refractivity contribution >= 4 is 14.1 Å². The smallest absolute Gasteiger partial charge is 0.197 e. The summed E-state index contributed by atoms with van der Waals surface area (Å²) in [6.07, 6.45) is 14.0. The molecule has 1 rings (SSSR count). The van der Waals surface area contributed by atoms with Gasteiger partial charge in [-0.05, 0) is 75.1 Å². The average Bonchev–Trinajstić information content (AvgIpc) is 2.82. The van der Waals surface area contributed by atoms with Gasteiger partial charge in [-0.3, -0.25) is 4.79 Å². The minimum atomic E-state index is -1.73. The Hall–Kier alpha value is -0.613. The van der Waals surface area contributed by atoms with E-state index in [-0.39, 0.29) is 16.9 Å². The van der Waals surface area contributed by atoms with E-state index in [0.717, 1.165) is 45.1 Å². The summed E-state index contributed by atoms with van der Waals surface area (Å²) in [6.45, 7) is 17.0. The maximum absolute atomic E-state index is 12.3. The Bertz CT molecular complexity index is 508. The number of carbonyl (C=O) groups excluding carboxylic acids is 1. The van der Waals surface area contributed by atoms with E-state index in [1.165, 1.54) is 25.7 Å². The molecule has 1 saturated heterocycles. The SMILES string of the molecule is CCCCCCC1CCCC(=O)/C(=C/CCCCO[Si](C)(C)C(C)(C)C(C)C)O1. The Labute approximate surface area is 182 Å². The lowest BCUT2D eigenvalue weighted by atomic mass is 9.99. The number of hydrogen-bond donors (Lipinski definition) is 0. The highest BCUT2D eigenvalue weighted by Gasteiger charge is 2.42. The van der Waals surface area contributed by atoms with Crippen LogP contribution in [0.25, 0.3) is 0 Å². The fourth-order valence-electron chi connectivity index (χ4n) is 3.77. The Kier molecular flexibility index (Phi) is 11.8. The van der Waals surface area contributed by atoms with Gasteiger partial charge in [-0.15, -0.1) is 0 Å². The highest BCUT2D eigenvalue weighted by molar-refractivity contribution is 6.74. The molecule has 0 N–H and O–H groups in total. The van der Waals surface area contributed by atoms with E-state index in [9.17, 15) is 4.79 Å². The summed E-state index contributed by atoms with van der Waals surface area (Å²) >= 11 is 0. The van der Waals surface area contributed by atoms with Crippen LogP contribution in [0.1, 0.15) is 105 Å². The standard InChI is InChI=1S/C25H48O3Si/c1-8-9-10-12-16-22-17-15-18-23(26)24(28-22)19-13-11-14-20-27-29(6,7)25(4,5)21(2)3/h19,21-22H,8-18,20H2,1-7H3/b24-19-. The van der Waals surface area contributed by atoms with Crippen LogP contribution in [0.4, 0.5) is 0 Å². The number of carbonyl (C=O) groups is 1. The first-order chi connectivity index (χ1) is 13.6. The summed E-state index contributed by atoms with van der Waals surface area (Å²) < 4.78 is 12.5. The molecule has 0 aromatic rings. The Balaban J connectivity index is 2.40. The van der Waals surface area contributed by atoms with Gasteiger partial charge in [0.15, 0.2) is 19.9 Å². The highest BCUT2D eigenvalue weighted by Crippen LogP contribution is 2.44. The maximum Gasteiger partial charge on any atom is 0.197 e. The van der Waals surface area contributed by atoms with Crippen molar-refractivity contribution in [2.24, 2.45) is 5.92 Å². The predicted octanol–water partition coefficient (Wildman–Crippen LogP) is 7.81. The van der Waals surface area contributed by atoms with Crippen molar-refractivity contribution in [3.05, 3.63) is 11.8 Å². The zero-order valence-electron chi connectivity index (χ0n) is 20.4. The molecular formula is C25H48O3Si. The van der Waals surface area contributed by atoms with Crippen LogP contribution in [0.15, 0.2) is 11.8 Å². The van der Waals surface area contributed by atoms with E-state index < -0.39 is 8.32 Å². The highest BCUT2D eigenvalue weighted by atomic mass is 28.4. The van der Waals surface area contributed by atoms with Crippen LogP contribution in [0, 0.1) is 5.92 Å². The molecule has 170 valence electrons. The third-order valence-electron chi connectivity index (χ3n) is 7.26. The van der Waals surface area contributed by atoms with Crippen molar-refractivity contribution in [3.8, 4) is 0 Å². The molecule has 1 atom stereocenters. The molecule has 0 radical (unpaired) electrons. The molecule has 0 spiro atoms. The van der Waals surface area contributed by atoms with Crippen LogP contribution in [-0.4, -0.2) is 26.8 Å². The molecule has 0 amide bonds. The van der Waals surface area contributed by atoms with Crippen LogP contribution in [0.5, 0.6) is 0 Å².